The van der Waals surface area contributed by atoms with Gasteiger partial charge in [-0.25, -0.2) is 0 Å². The largest absolute Gasteiger partial charge is 0.328 e. The quantitative estimate of drug-likeness (QED) is 0.522. The lowest BCUT2D eigenvalue weighted by Crippen LogP contribution is -2.50. The van der Waals surface area contributed by atoms with Crippen molar-refractivity contribution < 1.29 is 4.48 Å². The minimum Gasteiger partial charge on any atom is -0.328 e. The third-order valence-electron chi connectivity index (χ3n) is 4.83. The zero-order valence-corrected chi connectivity index (χ0v) is 10.2. The van der Waals surface area contributed by atoms with Gasteiger partial charge in [-0.2, -0.15) is 0 Å². The van der Waals surface area contributed by atoms with Gasteiger partial charge >= 0.3 is 0 Å². The van der Waals surface area contributed by atoms with Gasteiger partial charge in [0, 0.05) is 12.8 Å². The Morgan fingerprint density at radius 2 is 1.43 bits per heavy atom. The van der Waals surface area contributed by atoms with Gasteiger partial charge in [-0.3, -0.25) is 0 Å². The fourth-order valence-electron chi connectivity index (χ4n) is 3.19. The van der Waals surface area contributed by atoms with E-state index >= 15 is 0 Å². The van der Waals surface area contributed by atoms with Crippen LogP contribution in [0.1, 0.15) is 45.4 Å². The van der Waals surface area contributed by atoms with Crippen LogP contribution < -0.4 is 0 Å². The van der Waals surface area contributed by atoms with Gasteiger partial charge in [-0.05, 0) is 24.2 Å². The summed E-state index contributed by atoms with van der Waals surface area (Å²) < 4.78 is 1.26. The van der Waals surface area contributed by atoms with E-state index in [1.165, 1.54) is 56.1 Å². The molecule has 1 heterocycles. The lowest BCUT2D eigenvalue weighted by Gasteiger charge is -2.47. The van der Waals surface area contributed by atoms with E-state index in [0.717, 1.165) is 11.3 Å². The van der Waals surface area contributed by atoms with Gasteiger partial charge in [-0.1, -0.05) is 19.8 Å². The topological polar surface area (TPSA) is 0 Å². The highest BCUT2D eigenvalue weighted by Gasteiger charge is 2.40. The maximum atomic E-state index is 2.43. The molecule has 2 rings (SSSR count). The molecular weight excluding hydrogens is 170 g/mol. The summed E-state index contributed by atoms with van der Waals surface area (Å²) in [6.45, 7) is 5.25. The Bertz CT molecular complexity index is 187. The molecule has 0 N–H and O–H groups in total. The number of nitrogens with zero attached hydrogens (tertiary/aromatic N) is 1. The number of rotatable bonds is 0. The van der Waals surface area contributed by atoms with Crippen molar-refractivity contribution in [3.63, 3.8) is 0 Å². The van der Waals surface area contributed by atoms with E-state index in [2.05, 4.69) is 21.0 Å². The number of hydrogen-bond donors (Lipinski definition) is 0. The zero-order chi connectivity index (χ0) is 10.2. The molecule has 0 atom stereocenters. The molecule has 2 fully saturated rings. The molecule has 14 heavy (non-hydrogen) atoms. The van der Waals surface area contributed by atoms with Crippen molar-refractivity contribution in [3.05, 3.63) is 0 Å². The molecule has 0 amide bonds. The Morgan fingerprint density at radius 3 is 1.93 bits per heavy atom. The summed E-state index contributed by atoms with van der Waals surface area (Å²) >= 11 is 0. The van der Waals surface area contributed by atoms with Gasteiger partial charge in [0.05, 0.1) is 27.2 Å². The van der Waals surface area contributed by atoms with Crippen LogP contribution in [0, 0.1) is 11.3 Å². The van der Waals surface area contributed by atoms with Crippen LogP contribution in [0.4, 0.5) is 0 Å². The molecule has 0 aromatic rings. The minimum absolute atomic E-state index is 0.778. The second-order valence-corrected chi connectivity index (χ2v) is 6.57. The second-order valence-electron chi connectivity index (χ2n) is 6.57. The lowest BCUT2D eigenvalue weighted by molar-refractivity contribution is -0.897. The van der Waals surface area contributed by atoms with E-state index in [9.17, 15) is 0 Å². The Morgan fingerprint density at radius 1 is 0.929 bits per heavy atom. The van der Waals surface area contributed by atoms with Gasteiger partial charge < -0.3 is 4.48 Å². The average molecular weight is 196 g/mol. The summed E-state index contributed by atoms with van der Waals surface area (Å²) in [6.07, 6.45) is 9.02. The average Bonchev–Trinajstić information content (AvgIpc) is 2.16. The highest BCUT2D eigenvalue weighted by Crippen LogP contribution is 2.46. The summed E-state index contributed by atoms with van der Waals surface area (Å²) in [5.74, 6) is 1.00. The number of hydrogen-bond acceptors (Lipinski definition) is 0. The summed E-state index contributed by atoms with van der Waals surface area (Å²) in [5.41, 5.74) is 0.778. The molecule has 0 bridgehead atoms. The van der Waals surface area contributed by atoms with Crippen molar-refractivity contribution in [1.82, 2.24) is 0 Å². The van der Waals surface area contributed by atoms with E-state index in [4.69, 9.17) is 0 Å². The van der Waals surface area contributed by atoms with E-state index in [-0.39, 0.29) is 0 Å². The van der Waals surface area contributed by atoms with Gasteiger partial charge in [0.25, 0.3) is 0 Å². The number of likely N-dealkylation sites (tertiary alicyclic amines) is 1. The SMILES string of the molecule is CC1CCC2(CC1)CC[N+](C)(C)CC2. The predicted octanol–water partition coefficient (Wildman–Crippen LogP) is 3.05. The fourth-order valence-corrected chi connectivity index (χ4v) is 3.19. The van der Waals surface area contributed by atoms with Gasteiger partial charge in [0.15, 0.2) is 0 Å². The van der Waals surface area contributed by atoms with Crippen LogP contribution >= 0.6 is 0 Å². The second kappa shape index (κ2) is 3.52. The molecule has 1 saturated heterocycles. The summed E-state index contributed by atoms with van der Waals surface area (Å²) in [5, 5.41) is 0. The van der Waals surface area contributed by atoms with E-state index in [0.29, 0.717) is 0 Å². The molecule has 0 aromatic heterocycles. The normalized spacial score (nSPS) is 31.9. The first-order valence-electron chi connectivity index (χ1n) is 6.33. The van der Waals surface area contributed by atoms with Crippen molar-refractivity contribution in [2.75, 3.05) is 27.2 Å². The highest BCUT2D eigenvalue weighted by molar-refractivity contribution is 4.86. The Labute approximate surface area is 89.1 Å². The van der Waals surface area contributed by atoms with Crippen LogP contribution in [0.2, 0.25) is 0 Å². The van der Waals surface area contributed by atoms with E-state index in [1.807, 2.05) is 0 Å². The van der Waals surface area contributed by atoms with E-state index in [1.54, 1.807) is 0 Å². The smallest absolute Gasteiger partial charge is 0.0787 e. The maximum Gasteiger partial charge on any atom is 0.0787 e. The number of piperidine rings is 1. The molecule has 1 aliphatic carbocycles. The van der Waals surface area contributed by atoms with Crippen molar-refractivity contribution in [1.29, 1.82) is 0 Å². The predicted molar refractivity (Wildman–Crippen MR) is 61.1 cm³/mol. The van der Waals surface area contributed by atoms with Crippen LogP contribution in [-0.2, 0) is 0 Å². The summed E-state index contributed by atoms with van der Waals surface area (Å²) in [6, 6.07) is 0. The van der Waals surface area contributed by atoms with E-state index < -0.39 is 0 Å². The van der Waals surface area contributed by atoms with Crippen LogP contribution in [0.25, 0.3) is 0 Å². The van der Waals surface area contributed by atoms with Gasteiger partial charge in [0.2, 0.25) is 0 Å². The molecule has 1 spiro atoms. The molecule has 1 aliphatic heterocycles. The van der Waals surface area contributed by atoms with Crippen molar-refractivity contribution in [2.24, 2.45) is 11.3 Å². The first kappa shape index (κ1) is 10.5. The van der Waals surface area contributed by atoms with Crippen molar-refractivity contribution >= 4 is 0 Å². The molecule has 2 aliphatic rings. The van der Waals surface area contributed by atoms with Gasteiger partial charge in [0.1, 0.15) is 0 Å². The first-order valence-corrected chi connectivity index (χ1v) is 6.33. The monoisotopic (exact) mass is 196 g/mol. The van der Waals surface area contributed by atoms with Crippen LogP contribution in [0.3, 0.4) is 0 Å². The lowest BCUT2D eigenvalue weighted by atomic mass is 9.65. The Hall–Kier alpha value is -0.0400. The zero-order valence-electron chi connectivity index (χ0n) is 10.2. The summed E-state index contributed by atoms with van der Waals surface area (Å²) in [7, 11) is 4.77. The highest BCUT2D eigenvalue weighted by atomic mass is 15.3. The standard InChI is InChI=1S/C13H26N/c1-12-4-6-13(7-5-12)8-10-14(2,3)11-9-13/h12H,4-11H2,1-3H3/q+1. The molecule has 0 radical (unpaired) electrons. The number of quaternary nitrogens is 1. The maximum absolute atomic E-state index is 2.43. The molecule has 0 unspecified atom stereocenters. The molecular formula is C13H26N+. The third-order valence-corrected chi connectivity index (χ3v) is 4.83. The molecule has 82 valence electrons. The Kier molecular flexibility index (Phi) is 2.63. The van der Waals surface area contributed by atoms with Crippen molar-refractivity contribution in [2.45, 2.75) is 45.4 Å². The van der Waals surface area contributed by atoms with Crippen molar-refractivity contribution in [3.8, 4) is 0 Å². The van der Waals surface area contributed by atoms with Crippen LogP contribution in [0.5, 0.6) is 0 Å². The molecule has 0 aromatic carbocycles. The summed E-state index contributed by atoms with van der Waals surface area (Å²) in [4.78, 5) is 0. The minimum atomic E-state index is 0.778. The fraction of sp³-hybridized carbons (Fsp3) is 1.00. The van der Waals surface area contributed by atoms with Crippen LogP contribution in [-0.4, -0.2) is 31.7 Å². The molecule has 1 nitrogen and oxygen atoms in total. The van der Waals surface area contributed by atoms with Crippen LogP contribution in [0.15, 0.2) is 0 Å². The third kappa shape index (κ3) is 2.13. The van der Waals surface area contributed by atoms with Gasteiger partial charge in [-0.15, -0.1) is 0 Å². The Balaban J connectivity index is 1.93. The first-order chi connectivity index (χ1) is 6.52. The molecule has 1 saturated carbocycles. The molecule has 1 heteroatoms.